The Morgan fingerprint density at radius 3 is 2.96 bits per heavy atom. The van der Waals surface area contributed by atoms with Crippen molar-refractivity contribution in [3.63, 3.8) is 0 Å². The summed E-state index contributed by atoms with van der Waals surface area (Å²) in [7, 11) is 0. The van der Waals surface area contributed by atoms with Gasteiger partial charge in [0, 0.05) is 38.2 Å². The van der Waals surface area contributed by atoms with Crippen LogP contribution in [0, 0.1) is 6.92 Å². The molecule has 124 valence electrons. The smallest absolute Gasteiger partial charge is 0.250 e. The largest absolute Gasteiger partial charge is 0.472 e. The van der Waals surface area contributed by atoms with E-state index in [-0.39, 0.29) is 11.9 Å². The van der Waals surface area contributed by atoms with Crippen molar-refractivity contribution in [3.8, 4) is 0 Å². The zero-order valence-electron chi connectivity index (χ0n) is 13.6. The van der Waals surface area contributed by atoms with E-state index in [4.69, 9.17) is 8.94 Å². The van der Waals surface area contributed by atoms with Crippen LogP contribution in [0.4, 0.5) is 0 Å². The maximum Gasteiger partial charge on any atom is 0.250 e. The zero-order valence-corrected chi connectivity index (χ0v) is 13.6. The van der Waals surface area contributed by atoms with Gasteiger partial charge in [0.2, 0.25) is 5.91 Å². The Labute approximate surface area is 135 Å². The highest BCUT2D eigenvalue weighted by Gasteiger charge is 2.32. The molecule has 0 N–H and O–H groups in total. The summed E-state index contributed by atoms with van der Waals surface area (Å²) in [6.45, 7) is 6.77. The quantitative estimate of drug-likeness (QED) is 0.860. The van der Waals surface area contributed by atoms with Gasteiger partial charge in [-0.15, -0.1) is 0 Å². The number of aryl methyl sites for hydroxylation is 1. The standard InChI is InChI=1S/C16H22N4O3/c1-3-15(21)20-7-4-6-19(9-13-5-8-22-11-13)10-14(20)16-17-12(2)18-23-16/h5,8,11,14H,3-4,6-7,9-10H2,1-2H3. The van der Waals surface area contributed by atoms with Gasteiger partial charge in [-0.3, -0.25) is 9.69 Å². The number of rotatable bonds is 4. The summed E-state index contributed by atoms with van der Waals surface area (Å²) in [6, 6.07) is 1.77. The lowest BCUT2D eigenvalue weighted by Crippen LogP contribution is -2.38. The van der Waals surface area contributed by atoms with Crippen molar-refractivity contribution in [2.45, 2.75) is 39.3 Å². The number of carbonyl (C=O) groups excluding carboxylic acids is 1. The minimum atomic E-state index is -0.196. The van der Waals surface area contributed by atoms with E-state index >= 15 is 0 Å². The second-order valence-corrected chi connectivity index (χ2v) is 5.86. The van der Waals surface area contributed by atoms with Crippen LogP contribution in [-0.2, 0) is 11.3 Å². The number of furan rings is 1. The Balaban J connectivity index is 1.82. The Morgan fingerprint density at radius 2 is 2.30 bits per heavy atom. The van der Waals surface area contributed by atoms with E-state index in [2.05, 4.69) is 15.0 Å². The summed E-state index contributed by atoms with van der Waals surface area (Å²) in [4.78, 5) is 20.9. The molecule has 0 aliphatic carbocycles. The molecular weight excluding hydrogens is 296 g/mol. The number of carbonyl (C=O) groups is 1. The van der Waals surface area contributed by atoms with E-state index in [0.29, 0.717) is 31.2 Å². The third-order valence-corrected chi connectivity index (χ3v) is 4.12. The van der Waals surface area contributed by atoms with Crippen molar-refractivity contribution in [2.75, 3.05) is 19.6 Å². The molecule has 0 radical (unpaired) electrons. The molecular formula is C16H22N4O3. The molecule has 0 aromatic carbocycles. The molecule has 2 aromatic rings. The van der Waals surface area contributed by atoms with Crippen molar-refractivity contribution >= 4 is 5.91 Å². The Kier molecular flexibility index (Phi) is 4.76. The second kappa shape index (κ2) is 6.95. The first-order chi connectivity index (χ1) is 11.2. The van der Waals surface area contributed by atoms with Crippen molar-refractivity contribution in [1.29, 1.82) is 0 Å². The fourth-order valence-corrected chi connectivity index (χ4v) is 3.00. The van der Waals surface area contributed by atoms with E-state index in [0.717, 1.165) is 25.1 Å². The first kappa shape index (κ1) is 15.7. The molecule has 1 aliphatic heterocycles. The topological polar surface area (TPSA) is 75.6 Å². The molecule has 1 atom stereocenters. The van der Waals surface area contributed by atoms with Gasteiger partial charge in [-0.2, -0.15) is 4.98 Å². The molecule has 1 saturated heterocycles. The van der Waals surface area contributed by atoms with Crippen LogP contribution < -0.4 is 0 Å². The highest BCUT2D eigenvalue weighted by Crippen LogP contribution is 2.25. The predicted octanol–water partition coefficient (Wildman–Crippen LogP) is 2.16. The first-order valence-corrected chi connectivity index (χ1v) is 8.00. The summed E-state index contributed by atoms with van der Waals surface area (Å²) in [5, 5.41) is 3.89. The van der Waals surface area contributed by atoms with Crippen LogP contribution in [0.2, 0.25) is 0 Å². The molecule has 0 saturated carbocycles. The summed E-state index contributed by atoms with van der Waals surface area (Å²) < 4.78 is 10.5. The van der Waals surface area contributed by atoms with Crippen LogP contribution in [0.3, 0.4) is 0 Å². The van der Waals surface area contributed by atoms with E-state index in [1.54, 1.807) is 19.5 Å². The Morgan fingerprint density at radius 1 is 1.43 bits per heavy atom. The monoisotopic (exact) mass is 318 g/mol. The third-order valence-electron chi connectivity index (χ3n) is 4.12. The average molecular weight is 318 g/mol. The van der Waals surface area contributed by atoms with Crippen molar-refractivity contribution in [1.82, 2.24) is 19.9 Å². The highest BCUT2D eigenvalue weighted by molar-refractivity contribution is 5.76. The molecule has 1 unspecified atom stereocenters. The maximum absolute atomic E-state index is 12.3. The number of nitrogens with zero attached hydrogens (tertiary/aromatic N) is 4. The second-order valence-electron chi connectivity index (χ2n) is 5.86. The molecule has 1 amide bonds. The molecule has 7 heteroatoms. The van der Waals surface area contributed by atoms with Crippen molar-refractivity contribution < 1.29 is 13.7 Å². The summed E-state index contributed by atoms with van der Waals surface area (Å²) in [5.41, 5.74) is 1.13. The molecule has 7 nitrogen and oxygen atoms in total. The third kappa shape index (κ3) is 3.61. The van der Waals surface area contributed by atoms with Crippen molar-refractivity contribution in [3.05, 3.63) is 35.9 Å². The Bertz CT molecular complexity index is 638. The van der Waals surface area contributed by atoms with Gasteiger partial charge in [-0.25, -0.2) is 0 Å². The van der Waals surface area contributed by atoms with Crippen molar-refractivity contribution in [2.24, 2.45) is 0 Å². The summed E-state index contributed by atoms with van der Waals surface area (Å²) >= 11 is 0. The van der Waals surface area contributed by atoms with Gasteiger partial charge >= 0.3 is 0 Å². The van der Waals surface area contributed by atoms with E-state index in [1.165, 1.54) is 0 Å². The van der Waals surface area contributed by atoms with Gasteiger partial charge in [-0.1, -0.05) is 12.1 Å². The number of amides is 1. The van der Waals surface area contributed by atoms with Crippen LogP contribution in [0.15, 0.2) is 27.5 Å². The first-order valence-electron chi connectivity index (χ1n) is 8.00. The number of aromatic nitrogens is 2. The van der Waals surface area contributed by atoms with Gasteiger partial charge in [0.1, 0.15) is 6.04 Å². The lowest BCUT2D eigenvalue weighted by Gasteiger charge is -2.29. The van der Waals surface area contributed by atoms with E-state index in [9.17, 15) is 4.79 Å². The van der Waals surface area contributed by atoms with Gasteiger partial charge in [0.25, 0.3) is 5.89 Å². The molecule has 2 aromatic heterocycles. The minimum absolute atomic E-state index is 0.121. The molecule has 3 rings (SSSR count). The molecule has 0 spiro atoms. The van der Waals surface area contributed by atoms with Gasteiger partial charge in [-0.05, 0) is 19.4 Å². The predicted molar refractivity (Wildman–Crippen MR) is 82.4 cm³/mol. The number of hydrogen-bond acceptors (Lipinski definition) is 6. The molecule has 23 heavy (non-hydrogen) atoms. The van der Waals surface area contributed by atoms with Crippen LogP contribution in [0.5, 0.6) is 0 Å². The summed E-state index contributed by atoms with van der Waals surface area (Å²) in [6.07, 6.45) is 4.84. The highest BCUT2D eigenvalue weighted by atomic mass is 16.5. The molecule has 1 aliphatic rings. The lowest BCUT2D eigenvalue weighted by molar-refractivity contribution is -0.133. The van der Waals surface area contributed by atoms with Gasteiger partial charge in [0.15, 0.2) is 5.82 Å². The zero-order chi connectivity index (χ0) is 16.2. The fraction of sp³-hybridized carbons (Fsp3) is 0.562. The van der Waals surface area contributed by atoms with Crippen LogP contribution in [0.25, 0.3) is 0 Å². The van der Waals surface area contributed by atoms with Gasteiger partial charge in [0.05, 0.1) is 12.5 Å². The normalized spacial score (nSPS) is 19.7. The Hall–Kier alpha value is -2.15. The minimum Gasteiger partial charge on any atom is -0.472 e. The number of hydrogen-bond donors (Lipinski definition) is 0. The lowest BCUT2D eigenvalue weighted by atomic mass is 10.2. The van der Waals surface area contributed by atoms with Gasteiger partial charge < -0.3 is 13.8 Å². The SMILES string of the molecule is CCC(=O)N1CCCN(Cc2ccoc2)CC1c1nc(C)no1. The molecule has 1 fully saturated rings. The summed E-state index contributed by atoms with van der Waals surface area (Å²) in [5.74, 6) is 1.23. The van der Waals surface area contributed by atoms with Crippen LogP contribution in [-0.4, -0.2) is 45.5 Å². The van der Waals surface area contributed by atoms with E-state index in [1.807, 2.05) is 17.9 Å². The fourth-order valence-electron chi connectivity index (χ4n) is 3.00. The van der Waals surface area contributed by atoms with Crippen LogP contribution >= 0.6 is 0 Å². The average Bonchev–Trinajstić information content (AvgIpc) is 3.15. The molecule has 0 bridgehead atoms. The maximum atomic E-state index is 12.3. The van der Waals surface area contributed by atoms with Crippen LogP contribution in [0.1, 0.15) is 43.1 Å². The molecule has 3 heterocycles. The van der Waals surface area contributed by atoms with E-state index < -0.39 is 0 Å².